The molecule has 0 aromatic carbocycles. The van der Waals surface area contributed by atoms with E-state index in [2.05, 4.69) is 9.73 Å². The topological polar surface area (TPSA) is 38.7 Å². The van der Waals surface area contributed by atoms with Crippen molar-refractivity contribution < 1.29 is 9.53 Å². The molecule has 0 saturated carbocycles. The molecular weight excluding hydrogens is 130 g/mol. The average Bonchev–Trinajstić information content (AvgIpc) is 2.14. The molecule has 8 heavy (non-hydrogen) atoms. The van der Waals surface area contributed by atoms with Gasteiger partial charge in [0.15, 0.2) is 12.5 Å². The molecule has 44 valence electrons. The fraction of sp³-hybridized carbons (Fsp3) is 0.500. The standard InChI is InChI=1S/C4H4ClNO2/c5-1-3-4(7)6-2-8-3/h2-3H,1H2/t3-/m1/s1. The van der Waals surface area contributed by atoms with Crippen LogP contribution in [0.4, 0.5) is 0 Å². The van der Waals surface area contributed by atoms with Crippen molar-refractivity contribution in [3.63, 3.8) is 0 Å². The van der Waals surface area contributed by atoms with E-state index < -0.39 is 6.10 Å². The third-order valence-corrected chi connectivity index (χ3v) is 1.10. The highest BCUT2D eigenvalue weighted by Gasteiger charge is 2.20. The molecule has 0 N–H and O–H groups in total. The third kappa shape index (κ3) is 0.816. The van der Waals surface area contributed by atoms with Crippen LogP contribution in [0.15, 0.2) is 4.99 Å². The summed E-state index contributed by atoms with van der Waals surface area (Å²) in [7, 11) is 0. The summed E-state index contributed by atoms with van der Waals surface area (Å²) in [6, 6.07) is 0. The van der Waals surface area contributed by atoms with Gasteiger partial charge in [0.05, 0.1) is 5.88 Å². The predicted molar refractivity (Wildman–Crippen MR) is 29.1 cm³/mol. The Kier molecular flexibility index (Phi) is 1.48. The van der Waals surface area contributed by atoms with Crippen LogP contribution in [0.1, 0.15) is 0 Å². The van der Waals surface area contributed by atoms with Gasteiger partial charge in [-0.25, -0.2) is 0 Å². The van der Waals surface area contributed by atoms with Crippen LogP contribution in [-0.4, -0.2) is 24.3 Å². The zero-order chi connectivity index (χ0) is 5.98. The lowest BCUT2D eigenvalue weighted by molar-refractivity contribution is -0.121. The lowest BCUT2D eigenvalue weighted by Crippen LogP contribution is -2.17. The number of amides is 1. The molecule has 1 aliphatic rings. The number of rotatable bonds is 1. The van der Waals surface area contributed by atoms with Gasteiger partial charge in [-0.2, -0.15) is 4.99 Å². The van der Waals surface area contributed by atoms with Crippen molar-refractivity contribution in [2.75, 3.05) is 5.88 Å². The molecule has 0 unspecified atom stereocenters. The molecule has 0 radical (unpaired) electrons. The molecule has 0 spiro atoms. The van der Waals surface area contributed by atoms with Gasteiger partial charge in [-0.15, -0.1) is 11.6 Å². The van der Waals surface area contributed by atoms with E-state index in [9.17, 15) is 4.79 Å². The van der Waals surface area contributed by atoms with Gasteiger partial charge in [0.2, 0.25) is 0 Å². The Bertz CT molecular complexity index is 134. The van der Waals surface area contributed by atoms with Gasteiger partial charge in [-0.1, -0.05) is 0 Å². The van der Waals surface area contributed by atoms with Crippen molar-refractivity contribution in [2.45, 2.75) is 6.10 Å². The highest BCUT2D eigenvalue weighted by atomic mass is 35.5. The van der Waals surface area contributed by atoms with Crippen LogP contribution in [0.25, 0.3) is 0 Å². The first-order valence-electron chi connectivity index (χ1n) is 2.12. The largest absolute Gasteiger partial charge is 0.469 e. The Labute approximate surface area is 51.3 Å². The lowest BCUT2D eigenvalue weighted by Gasteiger charge is -1.97. The molecule has 1 aliphatic heterocycles. The first kappa shape index (κ1) is 5.56. The van der Waals surface area contributed by atoms with E-state index in [-0.39, 0.29) is 11.8 Å². The monoisotopic (exact) mass is 133 g/mol. The summed E-state index contributed by atoms with van der Waals surface area (Å²) < 4.78 is 4.64. The van der Waals surface area contributed by atoms with E-state index in [4.69, 9.17) is 11.6 Å². The number of carbonyl (C=O) groups excluding carboxylic acids is 1. The summed E-state index contributed by atoms with van der Waals surface area (Å²) in [4.78, 5) is 13.7. The summed E-state index contributed by atoms with van der Waals surface area (Å²) >= 11 is 5.28. The quantitative estimate of drug-likeness (QED) is 0.479. The summed E-state index contributed by atoms with van der Waals surface area (Å²) in [6.07, 6.45) is 0.590. The van der Waals surface area contributed by atoms with E-state index in [1.54, 1.807) is 0 Å². The van der Waals surface area contributed by atoms with Gasteiger partial charge in [0.1, 0.15) is 0 Å². The van der Waals surface area contributed by atoms with E-state index >= 15 is 0 Å². The van der Waals surface area contributed by atoms with Gasteiger partial charge < -0.3 is 4.74 Å². The van der Waals surface area contributed by atoms with E-state index in [1.807, 2.05) is 0 Å². The maximum atomic E-state index is 10.4. The van der Waals surface area contributed by atoms with Gasteiger partial charge in [-0.05, 0) is 0 Å². The summed E-state index contributed by atoms with van der Waals surface area (Å²) in [6.45, 7) is 0. The number of carbonyl (C=O) groups is 1. The Hall–Kier alpha value is -0.570. The molecule has 3 nitrogen and oxygen atoms in total. The Morgan fingerprint density at radius 3 is 3.00 bits per heavy atom. The molecule has 1 heterocycles. The molecule has 0 aliphatic carbocycles. The second-order valence-electron chi connectivity index (χ2n) is 1.35. The maximum absolute atomic E-state index is 10.4. The summed E-state index contributed by atoms with van der Waals surface area (Å²) in [5, 5.41) is 0. The van der Waals surface area contributed by atoms with Crippen LogP contribution in [0.5, 0.6) is 0 Å². The Balaban J connectivity index is 2.51. The minimum absolute atomic E-state index is 0.179. The summed E-state index contributed by atoms with van der Waals surface area (Å²) in [5.74, 6) is -0.112. The fourth-order valence-electron chi connectivity index (χ4n) is 0.400. The molecule has 0 aromatic rings. The van der Waals surface area contributed by atoms with Gasteiger partial charge in [0.25, 0.3) is 5.91 Å². The van der Waals surface area contributed by atoms with Crippen LogP contribution in [0.2, 0.25) is 0 Å². The minimum Gasteiger partial charge on any atom is -0.469 e. The fourth-order valence-corrected chi connectivity index (χ4v) is 0.604. The predicted octanol–water partition coefficient (Wildman–Crippen LogP) is 0.179. The van der Waals surface area contributed by atoms with Crippen molar-refractivity contribution in [3.8, 4) is 0 Å². The van der Waals surface area contributed by atoms with Crippen LogP contribution >= 0.6 is 11.6 Å². The number of halogens is 1. The molecule has 0 bridgehead atoms. The van der Waals surface area contributed by atoms with Crippen molar-refractivity contribution in [3.05, 3.63) is 0 Å². The number of alkyl halides is 1. The molecule has 1 atom stereocenters. The van der Waals surface area contributed by atoms with Gasteiger partial charge in [-0.3, -0.25) is 4.79 Å². The highest BCUT2D eigenvalue weighted by Crippen LogP contribution is 2.01. The van der Waals surface area contributed by atoms with Crippen LogP contribution in [-0.2, 0) is 9.53 Å². The van der Waals surface area contributed by atoms with Gasteiger partial charge in [0, 0.05) is 0 Å². The van der Waals surface area contributed by atoms with Crippen LogP contribution in [0.3, 0.4) is 0 Å². The van der Waals surface area contributed by atoms with Crippen LogP contribution in [0, 0.1) is 0 Å². The van der Waals surface area contributed by atoms with E-state index in [0.29, 0.717) is 0 Å². The Morgan fingerprint density at radius 2 is 2.75 bits per heavy atom. The SMILES string of the molecule is O=C1N=CO[C@@H]1CCl. The highest BCUT2D eigenvalue weighted by molar-refractivity contribution is 6.20. The smallest absolute Gasteiger partial charge is 0.290 e. The molecular formula is C4H4ClNO2. The van der Waals surface area contributed by atoms with Crippen molar-refractivity contribution in [2.24, 2.45) is 4.99 Å². The normalized spacial score (nSPS) is 26.1. The lowest BCUT2D eigenvalue weighted by atomic mass is 10.4. The third-order valence-electron chi connectivity index (χ3n) is 0.821. The van der Waals surface area contributed by atoms with Crippen molar-refractivity contribution in [1.82, 2.24) is 0 Å². The van der Waals surface area contributed by atoms with Crippen LogP contribution < -0.4 is 0 Å². The molecule has 0 aromatic heterocycles. The Morgan fingerprint density at radius 1 is 2.00 bits per heavy atom. The maximum Gasteiger partial charge on any atom is 0.290 e. The van der Waals surface area contributed by atoms with Crippen molar-refractivity contribution in [1.29, 1.82) is 0 Å². The van der Waals surface area contributed by atoms with E-state index in [1.165, 1.54) is 0 Å². The second kappa shape index (κ2) is 2.13. The minimum atomic E-state index is -0.531. The zero-order valence-corrected chi connectivity index (χ0v) is 4.76. The van der Waals surface area contributed by atoms with E-state index in [0.717, 1.165) is 6.40 Å². The summed E-state index contributed by atoms with van der Waals surface area (Å²) in [5.41, 5.74) is 0. The molecule has 0 fully saturated rings. The second-order valence-corrected chi connectivity index (χ2v) is 1.66. The molecule has 1 rings (SSSR count). The van der Waals surface area contributed by atoms with Gasteiger partial charge >= 0.3 is 0 Å². The first-order chi connectivity index (χ1) is 3.84. The number of aliphatic imine (C=N–C) groups is 1. The molecule has 1 amide bonds. The average molecular weight is 134 g/mol. The van der Waals surface area contributed by atoms with Crippen molar-refractivity contribution >= 4 is 23.9 Å². The number of ether oxygens (including phenoxy) is 1. The number of nitrogens with zero attached hydrogens (tertiary/aromatic N) is 1. The first-order valence-corrected chi connectivity index (χ1v) is 2.66. The zero-order valence-electron chi connectivity index (χ0n) is 4.00. The molecule has 0 saturated heterocycles. The number of hydrogen-bond acceptors (Lipinski definition) is 2. The number of hydrogen-bond donors (Lipinski definition) is 0. The molecule has 4 heteroatoms.